The normalized spacial score (nSPS) is 13.4. The molecule has 19 heavy (non-hydrogen) atoms. The van der Waals surface area contributed by atoms with Crippen LogP contribution in [0.1, 0.15) is 19.3 Å². The highest BCUT2D eigenvalue weighted by Crippen LogP contribution is 2.00. The lowest BCUT2D eigenvalue weighted by molar-refractivity contribution is -0.162. The summed E-state index contributed by atoms with van der Waals surface area (Å²) in [7, 11) is 0. The van der Waals surface area contributed by atoms with Gasteiger partial charge in [0.25, 0.3) is 0 Å². The van der Waals surface area contributed by atoms with Gasteiger partial charge in [-0.1, -0.05) is 0 Å². The molecule has 9 heteroatoms. The molecule has 1 amide bonds. The van der Waals surface area contributed by atoms with Crippen molar-refractivity contribution in [1.82, 2.24) is 0 Å². The monoisotopic (exact) mass is 274 g/mol. The van der Waals surface area contributed by atoms with Crippen molar-refractivity contribution in [2.45, 2.75) is 31.3 Å². The van der Waals surface area contributed by atoms with Crippen molar-refractivity contribution in [3.05, 3.63) is 0 Å². The second-order valence-corrected chi connectivity index (χ2v) is 3.91. The molecule has 0 radical (unpaired) electrons. The number of nitrogens with two attached hydrogens (primary N) is 4. The Morgan fingerprint density at radius 1 is 1.00 bits per heavy atom. The predicted octanol–water partition coefficient (Wildman–Crippen LogP) is -3.11. The Bertz CT molecular complexity index is 371. The molecule has 0 aliphatic rings. The van der Waals surface area contributed by atoms with Crippen LogP contribution in [-0.2, 0) is 23.9 Å². The van der Waals surface area contributed by atoms with Crippen LogP contribution in [0.3, 0.4) is 0 Å². The maximum absolute atomic E-state index is 11.3. The van der Waals surface area contributed by atoms with Crippen LogP contribution in [0.25, 0.3) is 0 Å². The van der Waals surface area contributed by atoms with Crippen molar-refractivity contribution in [3.63, 3.8) is 0 Å². The quantitative estimate of drug-likeness (QED) is 0.265. The molecular weight excluding hydrogens is 256 g/mol. The second kappa shape index (κ2) is 8.29. The van der Waals surface area contributed by atoms with Crippen molar-refractivity contribution in [2.75, 3.05) is 6.54 Å². The van der Waals surface area contributed by atoms with Gasteiger partial charge in [-0.15, -0.1) is 0 Å². The van der Waals surface area contributed by atoms with Crippen LogP contribution in [0.2, 0.25) is 0 Å². The summed E-state index contributed by atoms with van der Waals surface area (Å²) in [5, 5.41) is 0. The third-order valence-electron chi connectivity index (χ3n) is 2.18. The molecule has 0 bridgehead atoms. The molecule has 8 N–H and O–H groups in total. The van der Waals surface area contributed by atoms with Crippen molar-refractivity contribution in [2.24, 2.45) is 22.9 Å². The van der Waals surface area contributed by atoms with E-state index in [1.807, 2.05) is 0 Å². The fraction of sp³-hybridized carbons (Fsp3) is 0.600. The number of rotatable bonds is 8. The summed E-state index contributed by atoms with van der Waals surface area (Å²) in [5.74, 6) is -3.15. The first kappa shape index (κ1) is 17.2. The number of carbonyl (C=O) groups is 4. The summed E-state index contributed by atoms with van der Waals surface area (Å²) < 4.78 is 4.38. The molecule has 0 saturated heterocycles. The Balaban J connectivity index is 4.20. The van der Waals surface area contributed by atoms with Gasteiger partial charge < -0.3 is 27.7 Å². The van der Waals surface area contributed by atoms with Crippen LogP contribution in [0, 0.1) is 0 Å². The van der Waals surface area contributed by atoms with E-state index in [1.165, 1.54) is 0 Å². The predicted molar refractivity (Wildman–Crippen MR) is 64.2 cm³/mol. The molecule has 0 saturated carbocycles. The average molecular weight is 274 g/mol. The van der Waals surface area contributed by atoms with Crippen LogP contribution in [0.5, 0.6) is 0 Å². The molecule has 0 spiro atoms. The highest BCUT2D eigenvalue weighted by atomic mass is 16.6. The van der Waals surface area contributed by atoms with Gasteiger partial charge in [0.15, 0.2) is 0 Å². The number of carbonyl (C=O) groups excluding carboxylic acids is 4. The van der Waals surface area contributed by atoms with E-state index in [1.54, 1.807) is 0 Å². The minimum Gasteiger partial charge on any atom is -0.391 e. The van der Waals surface area contributed by atoms with Crippen LogP contribution in [0.15, 0.2) is 0 Å². The fourth-order valence-corrected chi connectivity index (χ4v) is 1.08. The van der Waals surface area contributed by atoms with Gasteiger partial charge in [0.1, 0.15) is 17.9 Å². The topological polar surface area (TPSA) is 182 Å². The molecule has 0 rings (SSSR count). The molecule has 108 valence electrons. The molecule has 0 aromatic heterocycles. The number of amides is 1. The Labute approximate surface area is 109 Å². The smallest absolute Gasteiger partial charge is 0.331 e. The maximum atomic E-state index is 11.3. The lowest BCUT2D eigenvalue weighted by Gasteiger charge is -2.12. The van der Waals surface area contributed by atoms with Gasteiger partial charge in [0.05, 0.1) is 6.54 Å². The molecule has 0 heterocycles. The van der Waals surface area contributed by atoms with Crippen molar-refractivity contribution in [1.29, 1.82) is 0 Å². The molecule has 0 aromatic rings. The Hall–Kier alpha value is -1.84. The zero-order valence-electron chi connectivity index (χ0n) is 10.3. The molecule has 0 fully saturated rings. The fourth-order valence-electron chi connectivity index (χ4n) is 1.08. The molecule has 9 nitrogen and oxygen atoms in total. The van der Waals surface area contributed by atoms with Gasteiger partial charge in [0, 0.05) is 12.8 Å². The number of primary amides is 1. The minimum atomic E-state index is -1.27. The number of ether oxygens (including phenoxy) is 1. The summed E-state index contributed by atoms with van der Waals surface area (Å²) in [6, 6.07) is -2.43. The number of ketones is 1. The zero-order chi connectivity index (χ0) is 15.0. The summed E-state index contributed by atoms with van der Waals surface area (Å²) >= 11 is 0. The maximum Gasteiger partial charge on any atom is 0.331 e. The SMILES string of the molecule is NCC(=O)CC(N)C(=O)OC(=O)[C@@H](N)CCC(N)=O. The second-order valence-electron chi connectivity index (χ2n) is 3.91. The van der Waals surface area contributed by atoms with E-state index in [0.717, 1.165) is 0 Å². The first-order valence-corrected chi connectivity index (χ1v) is 5.54. The third-order valence-corrected chi connectivity index (χ3v) is 2.18. The van der Waals surface area contributed by atoms with Gasteiger partial charge in [0.2, 0.25) is 5.91 Å². The first-order chi connectivity index (χ1) is 8.77. The van der Waals surface area contributed by atoms with Gasteiger partial charge in [-0.25, -0.2) is 9.59 Å². The van der Waals surface area contributed by atoms with E-state index in [0.29, 0.717) is 0 Å². The third kappa shape index (κ3) is 7.24. The summed E-state index contributed by atoms with van der Waals surface area (Å²) in [6.45, 7) is -0.257. The van der Waals surface area contributed by atoms with Crippen LogP contribution >= 0.6 is 0 Å². The largest absolute Gasteiger partial charge is 0.391 e. The van der Waals surface area contributed by atoms with Crippen molar-refractivity contribution < 1.29 is 23.9 Å². The van der Waals surface area contributed by atoms with E-state index in [-0.39, 0.29) is 25.8 Å². The molecule has 0 aliphatic carbocycles. The van der Waals surface area contributed by atoms with Crippen molar-refractivity contribution >= 4 is 23.6 Å². The summed E-state index contributed by atoms with van der Waals surface area (Å²) in [5.41, 5.74) is 20.7. The highest BCUT2D eigenvalue weighted by Gasteiger charge is 2.24. The van der Waals surface area contributed by atoms with Gasteiger partial charge in [-0.05, 0) is 6.42 Å². The molecule has 2 atom stereocenters. The van der Waals surface area contributed by atoms with Crippen LogP contribution < -0.4 is 22.9 Å². The lowest BCUT2D eigenvalue weighted by atomic mass is 10.1. The number of hydrogen-bond acceptors (Lipinski definition) is 8. The first-order valence-electron chi connectivity index (χ1n) is 5.54. The highest BCUT2D eigenvalue weighted by molar-refractivity contribution is 5.93. The Morgan fingerprint density at radius 2 is 1.53 bits per heavy atom. The van der Waals surface area contributed by atoms with E-state index in [4.69, 9.17) is 22.9 Å². The van der Waals surface area contributed by atoms with Crippen molar-refractivity contribution in [3.8, 4) is 0 Å². The molecule has 0 aromatic carbocycles. The van der Waals surface area contributed by atoms with E-state index < -0.39 is 35.7 Å². The number of esters is 2. The lowest BCUT2D eigenvalue weighted by Crippen LogP contribution is -2.41. The van der Waals surface area contributed by atoms with Gasteiger partial charge >= 0.3 is 11.9 Å². The van der Waals surface area contributed by atoms with E-state index in [2.05, 4.69) is 4.74 Å². The molecule has 0 aliphatic heterocycles. The zero-order valence-corrected chi connectivity index (χ0v) is 10.3. The summed E-state index contributed by atoms with van der Waals surface area (Å²) in [4.78, 5) is 44.1. The van der Waals surface area contributed by atoms with Crippen LogP contribution in [-0.4, -0.2) is 42.3 Å². The van der Waals surface area contributed by atoms with Gasteiger partial charge in [-0.3, -0.25) is 9.59 Å². The van der Waals surface area contributed by atoms with E-state index in [9.17, 15) is 19.2 Å². The molecular formula is C10H18N4O5. The average Bonchev–Trinajstić information content (AvgIpc) is 2.35. The van der Waals surface area contributed by atoms with E-state index >= 15 is 0 Å². The Morgan fingerprint density at radius 3 is 2.00 bits per heavy atom. The standard InChI is InChI=1S/C10H18N4O5/c11-4-5(15)3-7(13)10(18)19-9(17)6(12)1-2-8(14)16/h6-7H,1-4,11-13H2,(H2,14,16)/t6-,7?/m0/s1. The summed E-state index contributed by atoms with van der Waals surface area (Å²) in [6.07, 6.45) is -0.472. The van der Waals surface area contributed by atoms with Crippen LogP contribution in [0.4, 0.5) is 0 Å². The minimum absolute atomic E-state index is 0.0432. The number of hydrogen-bond donors (Lipinski definition) is 4. The van der Waals surface area contributed by atoms with Gasteiger partial charge in [-0.2, -0.15) is 0 Å². The Kier molecular flexibility index (Phi) is 7.49. The molecule has 1 unspecified atom stereocenters. The number of Topliss-reactive ketones (excluding diaryl/α,β-unsaturated/α-hetero) is 1.